The molecule has 0 aliphatic rings. The van der Waals surface area contributed by atoms with Crippen LogP contribution in [0.4, 0.5) is 0 Å². The SMILES string of the molecule is CCC(C=O)CCCn1ncnc1C(C)(C)C. The summed E-state index contributed by atoms with van der Waals surface area (Å²) in [5.74, 6) is 1.20. The van der Waals surface area contributed by atoms with Gasteiger partial charge in [0.05, 0.1) is 0 Å². The normalized spacial score (nSPS) is 13.6. The van der Waals surface area contributed by atoms with Gasteiger partial charge < -0.3 is 4.79 Å². The van der Waals surface area contributed by atoms with Crippen LogP contribution >= 0.6 is 0 Å². The average molecular weight is 237 g/mol. The van der Waals surface area contributed by atoms with E-state index >= 15 is 0 Å². The highest BCUT2D eigenvalue weighted by atomic mass is 16.1. The summed E-state index contributed by atoms with van der Waals surface area (Å²) < 4.78 is 1.96. The molecule has 1 aromatic heterocycles. The third-order valence-corrected chi connectivity index (χ3v) is 2.95. The fraction of sp³-hybridized carbons (Fsp3) is 0.769. The van der Waals surface area contributed by atoms with E-state index in [1.807, 2.05) is 4.68 Å². The van der Waals surface area contributed by atoms with Crippen LogP contribution in [-0.2, 0) is 16.8 Å². The highest BCUT2D eigenvalue weighted by Gasteiger charge is 2.20. The van der Waals surface area contributed by atoms with Crippen molar-refractivity contribution in [3.05, 3.63) is 12.2 Å². The fourth-order valence-corrected chi connectivity index (χ4v) is 1.88. The van der Waals surface area contributed by atoms with Gasteiger partial charge in [0.2, 0.25) is 0 Å². The molecule has 0 aromatic carbocycles. The smallest absolute Gasteiger partial charge is 0.138 e. The van der Waals surface area contributed by atoms with Crippen LogP contribution in [0.2, 0.25) is 0 Å². The average Bonchev–Trinajstić information content (AvgIpc) is 2.72. The lowest BCUT2D eigenvalue weighted by Gasteiger charge is -2.18. The van der Waals surface area contributed by atoms with Crippen LogP contribution in [0.5, 0.6) is 0 Å². The van der Waals surface area contributed by atoms with Crippen molar-refractivity contribution >= 4 is 6.29 Å². The second-order valence-electron chi connectivity index (χ2n) is 5.50. The zero-order valence-corrected chi connectivity index (χ0v) is 11.3. The Morgan fingerprint density at radius 3 is 2.71 bits per heavy atom. The van der Waals surface area contributed by atoms with Gasteiger partial charge in [-0.2, -0.15) is 5.10 Å². The minimum atomic E-state index is 0.0192. The van der Waals surface area contributed by atoms with E-state index in [1.165, 1.54) is 0 Å². The highest BCUT2D eigenvalue weighted by molar-refractivity contribution is 5.53. The number of carbonyl (C=O) groups is 1. The summed E-state index contributed by atoms with van der Waals surface area (Å²) in [4.78, 5) is 15.0. The van der Waals surface area contributed by atoms with Crippen LogP contribution in [0.15, 0.2) is 6.33 Å². The largest absolute Gasteiger partial charge is 0.303 e. The van der Waals surface area contributed by atoms with E-state index in [0.29, 0.717) is 0 Å². The van der Waals surface area contributed by atoms with Crippen LogP contribution in [0, 0.1) is 5.92 Å². The molecule has 1 unspecified atom stereocenters. The van der Waals surface area contributed by atoms with Gasteiger partial charge in [-0.3, -0.25) is 0 Å². The van der Waals surface area contributed by atoms with Crippen LogP contribution in [-0.4, -0.2) is 21.1 Å². The van der Waals surface area contributed by atoms with Crippen molar-refractivity contribution < 1.29 is 4.79 Å². The molecule has 4 heteroatoms. The number of rotatable bonds is 6. The molecule has 96 valence electrons. The van der Waals surface area contributed by atoms with Gasteiger partial charge in [-0.05, 0) is 19.3 Å². The molecule has 0 N–H and O–H groups in total. The summed E-state index contributed by atoms with van der Waals surface area (Å²) in [5, 5.41) is 4.25. The van der Waals surface area contributed by atoms with Gasteiger partial charge in [0.1, 0.15) is 18.4 Å². The second-order valence-corrected chi connectivity index (χ2v) is 5.50. The van der Waals surface area contributed by atoms with E-state index in [1.54, 1.807) is 6.33 Å². The Morgan fingerprint density at radius 1 is 1.47 bits per heavy atom. The Bertz CT molecular complexity index is 352. The van der Waals surface area contributed by atoms with Crippen LogP contribution in [0.3, 0.4) is 0 Å². The molecule has 17 heavy (non-hydrogen) atoms. The Morgan fingerprint density at radius 2 is 2.18 bits per heavy atom. The van der Waals surface area contributed by atoms with E-state index in [0.717, 1.165) is 37.9 Å². The molecule has 0 bridgehead atoms. The first kappa shape index (κ1) is 13.9. The molecule has 1 heterocycles. The Hall–Kier alpha value is -1.19. The zero-order chi connectivity index (χ0) is 12.9. The molecular formula is C13H23N3O. The molecule has 1 aromatic rings. The summed E-state index contributed by atoms with van der Waals surface area (Å²) in [6.45, 7) is 9.29. The van der Waals surface area contributed by atoms with Crippen molar-refractivity contribution in [3.63, 3.8) is 0 Å². The summed E-state index contributed by atoms with van der Waals surface area (Å²) in [5.41, 5.74) is 0.0192. The summed E-state index contributed by atoms with van der Waals surface area (Å²) in [7, 11) is 0. The van der Waals surface area contributed by atoms with E-state index in [2.05, 4.69) is 37.8 Å². The molecule has 1 atom stereocenters. The monoisotopic (exact) mass is 237 g/mol. The Kier molecular flexibility index (Phi) is 4.85. The molecule has 0 saturated heterocycles. The molecule has 0 radical (unpaired) electrons. The van der Waals surface area contributed by atoms with Crippen molar-refractivity contribution in [2.75, 3.05) is 0 Å². The number of aldehydes is 1. The molecule has 0 amide bonds. The second kappa shape index (κ2) is 5.94. The quantitative estimate of drug-likeness (QED) is 0.714. The van der Waals surface area contributed by atoms with Gasteiger partial charge in [0, 0.05) is 17.9 Å². The lowest BCUT2D eigenvalue weighted by atomic mass is 9.95. The predicted molar refractivity (Wildman–Crippen MR) is 67.8 cm³/mol. The standard InChI is InChI=1S/C13H23N3O/c1-5-11(9-17)7-6-8-16-12(13(2,3)4)14-10-15-16/h9-11H,5-8H2,1-4H3. The minimum Gasteiger partial charge on any atom is -0.303 e. The zero-order valence-electron chi connectivity index (χ0n) is 11.3. The van der Waals surface area contributed by atoms with Crippen molar-refractivity contribution in [2.24, 2.45) is 5.92 Å². The number of nitrogens with zero attached hydrogens (tertiary/aromatic N) is 3. The molecule has 0 aliphatic carbocycles. The first-order valence-corrected chi connectivity index (χ1v) is 6.32. The van der Waals surface area contributed by atoms with Crippen molar-refractivity contribution in [3.8, 4) is 0 Å². The van der Waals surface area contributed by atoms with Crippen molar-refractivity contribution in [1.29, 1.82) is 0 Å². The minimum absolute atomic E-state index is 0.0192. The third-order valence-electron chi connectivity index (χ3n) is 2.95. The van der Waals surface area contributed by atoms with Gasteiger partial charge >= 0.3 is 0 Å². The summed E-state index contributed by atoms with van der Waals surface area (Å²) in [6.07, 6.45) is 5.50. The maximum absolute atomic E-state index is 10.7. The molecule has 4 nitrogen and oxygen atoms in total. The van der Waals surface area contributed by atoms with E-state index < -0.39 is 0 Å². The van der Waals surface area contributed by atoms with Gasteiger partial charge in [-0.15, -0.1) is 0 Å². The van der Waals surface area contributed by atoms with Gasteiger partial charge in [0.15, 0.2) is 0 Å². The fourth-order valence-electron chi connectivity index (χ4n) is 1.88. The number of carbonyl (C=O) groups excluding carboxylic acids is 1. The van der Waals surface area contributed by atoms with Crippen LogP contribution in [0.25, 0.3) is 0 Å². The molecule has 0 fully saturated rings. The summed E-state index contributed by atoms with van der Waals surface area (Å²) in [6, 6.07) is 0. The first-order valence-electron chi connectivity index (χ1n) is 6.32. The molecular weight excluding hydrogens is 214 g/mol. The number of hydrogen-bond acceptors (Lipinski definition) is 3. The molecule has 0 saturated carbocycles. The highest BCUT2D eigenvalue weighted by Crippen LogP contribution is 2.19. The number of aryl methyl sites for hydroxylation is 1. The summed E-state index contributed by atoms with van der Waals surface area (Å²) >= 11 is 0. The van der Waals surface area contributed by atoms with Crippen molar-refractivity contribution in [2.45, 2.75) is 58.9 Å². The molecule has 0 aliphatic heterocycles. The lowest BCUT2D eigenvalue weighted by molar-refractivity contribution is -0.111. The Balaban J connectivity index is 2.53. The van der Waals surface area contributed by atoms with Crippen LogP contribution in [0.1, 0.15) is 52.8 Å². The van der Waals surface area contributed by atoms with E-state index in [9.17, 15) is 4.79 Å². The van der Waals surface area contributed by atoms with Gasteiger partial charge in [0.25, 0.3) is 0 Å². The maximum atomic E-state index is 10.7. The lowest BCUT2D eigenvalue weighted by Crippen LogP contribution is -2.20. The molecule has 0 spiro atoms. The van der Waals surface area contributed by atoms with Gasteiger partial charge in [-0.1, -0.05) is 27.7 Å². The van der Waals surface area contributed by atoms with Crippen molar-refractivity contribution in [1.82, 2.24) is 14.8 Å². The first-order chi connectivity index (χ1) is 7.99. The number of aromatic nitrogens is 3. The van der Waals surface area contributed by atoms with Crippen LogP contribution < -0.4 is 0 Å². The maximum Gasteiger partial charge on any atom is 0.138 e. The van der Waals surface area contributed by atoms with E-state index in [4.69, 9.17) is 0 Å². The van der Waals surface area contributed by atoms with Gasteiger partial charge in [-0.25, -0.2) is 9.67 Å². The Labute approximate surface area is 103 Å². The topological polar surface area (TPSA) is 47.8 Å². The predicted octanol–water partition coefficient (Wildman–Crippen LogP) is 2.58. The molecule has 1 rings (SSSR count). The van der Waals surface area contributed by atoms with E-state index in [-0.39, 0.29) is 11.3 Å². The number of hydrogen-bond donors (Lipinski definition) is 0. The third kappa shape index (κ3) is 3.95.